The van der Waals surface area contributed by atoms with Crippen LogP contribution in [0, 0.1) is 0 Å². The van der Waals surface area contributed by atoms with Crippen LogP contribution in [0.1, 0.15) is 24.9 Å². The zero-order valence-electron chi connectivity index (χ0n) is 15.4. The Morgan fingerprint density at radius 2 is 1.74 bits per heavy atom. The number of aromatic nitrogens is 1. The highest BCUT2D eigenvalue weighted by atomic mass is 16.7. The number of hydrogen-bond acceptors (Lipinski definition) is 6. The van der Waals surface area contributed by atoms with Crippen molar-refractivity contribution in [2.45, 2.75) is 19.4 Å². The summed E-state index contributed by atoms with van der Waals surface area (Å²) in [7, 11) is 0. The third-order valence-electron chi connectivity index (χ3n) is 4.63. The molecule has 1 atom stereocenters. The number of rotatable bonds is 5. The lowest BCUT2D eigenvalue weighted by atomic mass is 10.0. The number of hydroxylamine groups is 1. The van der Waals surface area contributed by atoms with Crippen molar-refractivity contribution in [1.82, 2.24) is 15.4 Å². The van der Waals surface area contributed by atoms with Gasteiger partial charge in [-0.3, -0.25) is 14.7 Å². The van der Waals surface area contributed by atoms with Crippen LogP contribution in [0.15, 0.2) is 54.9 Å². The summed E-state index contributed by atoms with van der Waals surface area (Å²) in [6, 6.07) is 12.9. The van der Waals surface area contributed by atoms with E-state index in [1.165, 1.54) is 0 Å². The van der Waals surface area contributed by atoms with Crippen molar-refractivity contribution >= 4 is 17.6 Å². The second kappa shape index (κ2) is 9.14. The molecule has 27 heavy (non-hydrogen) atoms. The summed E-state index contributed by atoms with van der Waals surface area (Å²) in [6.07, 6.45) is 3.82. The Balaban J connectivity index is 1.70. The molecule has 3 rings (SSSR count). The number of carbonyl (C=O) groups excluding carboxylic acids is 2. The lowest BCUT2D eigenvalue weighted by Gasteiger charge is -2.39. The van der Waals surface area contributed by atoms with Crippen LogP contribution >= 0.6 is 0 Å². The zero-order chi connectivity index (χ0) is 19.1. The van der Waals surface area contributed by atoms with Crippen molar-refractivity contribution in [2.75, 3.05) is 31.1 Å². The van der Waals surface area contributed by atoms with Gasteiger partial charge in [0.2, 0.25) is 0 Å². The Morgan fingerprint density at radius 3 is 2.37 bits per heavy atom. The second-order valence-electron chi connectivity index (χ2n) is 6.34. The number of anilines is 1. The van der Waals surface area contributed by atoms with Crippen LogP contribution in [0.3, 0.4) is 0 Å². The van der Waals surface area contributed by atoms with E-state index in [0.717, 1.165) is 24.3 Å². The molecule has 2 heterocycles. The number of pyridine rings is 1. The number of carbonyl (C=O) groups is 2. The first-order valence-electron chi connectivity index (χ1n) is 9.12. The van der Waals surface area contributed by atoms with Gasteiger partial charge in [0, 0.05) is 50.7 Å². The summed E-state index contributed by atoms with van der Waals surface area (Å²) in [5, 5.41) is 0. The van der Waals surface area contributed by atoms with Gasteiger partial charge in [0.1, 0.15) is 6.04 Å². The minimum Gasteiger partial charge on any atom is -0.369 e. The lowest BCUT2D eigenvalue weighted by molar-refractivity contribution is -0.164. The van der Waals surface area contributed by atoms with E-state index in [2.05, 4.69) is 20.3 Å². The fourth-order valence-corrected chi connectivity index (χ4v) is 3.16. The van der Waals surface area contributed by atoms with Gasteiger partial charge in [-0.15, -0.1) is 0 Å². The van der Waals surface area contributed by atoms with Gasteiger partial charge in [0.25, 0.3) is 5.91 Å². The standard InChI is InChI=1S/C20H24N4O3/c1-2-18(25)22-27-20(26)19(16-6-4-3-5-7-16)24-14-12-23(13-15-24)17-8-10-21-11-9-17/h3-11,19H,2,12-15H2,1H3,(H,22,25). The minimum atomic E-state index is -0.553. The number of hydrogen-bond donors (Lipinski definition) is 1. The van der Waals surface area contributed by atoms with E-state index in [1.807, 2.05) is 42.5 Å². The number of amides is 1. The van der Waals surface area contributed by atoms with Crippen LogP contribution in [-0.4, -0.2) is 47.9 Å². The Kier molecular flexibility index (Phi) is 6.38. The van der Waals surface area contributed by atoms with E-state index in [4.69, 9.17) is 4.84 Å². The van der Waals surface area contributed by atoms with Crippen LogP contribution in [0.4, 0.5) is 5.69 Å². The Morgan fingerprint density at radius 1 is 1.07 bits per heavy atom. The van der Waals surface area contributed by atoms with Gasteiger partial charge in [0.15, 0.2) is 0 Å². The molecular formula is C20H24N4O3. The Labute approximate surface area is 158 Å². The average Bonchev–Trinajstić information content (AvgIpc) is 2.74. The second-order valence-corrected chi connectivity index (χ2v) is 6.34. The molecule has 1 aliphatic rings. The SMILES string of the molecule is CCC(=O)NOC(=O)C(c1ccccc1)N1CCN(c2ccncc2)CC1. The highest BCUT2D eigenvalue weighted by molar-refractivity contribution is 5.81. The summed E-state index contributed by atoms with van der Waals surface area (Å²) < 4.78 is 0. The molecule has 1 saturated heterocycles. The summed E-state index contributed by atoms with van der Waals surface area (Å²) in [5.74, 6) is -0.793. The highest BCUT2D eigenvalue weighted by Gasteiger charge is 2.32. The molecular weight excluding hydrogens is 344 g/mol. The molecule has 7 heteroatoms. The predicted octanol–water partition coefficient (Wildman–Crippen LogP) is 1.93. The Hall–Kier alpha value is -2.93. The molecule has 142 valence electrons. The third kappa shape index (κ3) is 4.83. The van der Waals surface area contributed by atoms with Crippen LogP contribution in [0.25, 0.3) is 0 Å². The summed E-state index contributed by atoms with van der Waals surface area (Å²) in [6.45, 7) is 4.71. The molecule has 1 unspecified atom stereocenters. The number of benzene rings is 1. The molecule has 1 N–H and O–H groups in total. The number of nitrogens with one attached hydrogen (secondary N) is 1. The smallest absolute Gasteiger partial charge is 0.353 e. The van der Waals surface area contributed by atoms with E-state index in [9.17, 15) is 9.59 Å². The van der Waals surface area contributed by atoms with Crippen molar-refractivity contribution in [3.63, 3.8) is 0 Å². The van der Waals surface area contributed by atoms with Crippen LogP contribution in [-0.2, 0) is 14.4 Å². The van der Waals surface area contributed by atoms with Crippen molar-refractivity contribution < 1.29 is 14.4 Å². The average molecular weight is 368 g/mol. The number of nitrogens with zero attached hydrogens (tertiary/aromatic N) is 3. The van der Waals surface area contributed by atoms with Crippen LogP contribution in [0.5, 0.6) is 0 Å². The molecule has 1 aromatic heterocycles. The minimum absolute atomic E-state index is 0.258. The summed E-state index contributed by atoms with van der Waals surface area (Å²) in [4.78, 5) is 37.6. The van der Waals surface area contributed by atoms with Gasteiger partial charge in [-0.05, 0) is 17.7 Å². The van der Waals surface area contributed by atoms with Gasteiger partial charge in [-0.2, -0.15) is 5.48 Å². The van der Waals surface area contributed by atoms with E-state index in [-0.39, 0.29) is 12.3 Å². The van der Waals surface area contributed by atoms with Crippen molar-refractivity contribution in [3.8, 4) is 0 Å². The lowest BCUT2D eigenvalue weighted by Crippen LogP contribution is -2.50. The summed E-state index contributed by atoms with van der Waals surface area (Å²) in [5.41, 5.74) is 4.20. The maximum Gasteiger partial charge on any atom is 0.353 e. The van der Waals surface area contributed by atoms with Gasteiger partial charge in [-0.1, -0.05) is 37.3 Å². The molecule has 7 nitrogen and oxygen atoms in total. The fraction of sp³-hybridized carbons (Fsp3) is 0.350. The van der Waals surface area contributed by atoms with E-state index < -0.39 is 12.0 Å². The van der Waals surface area contributed by atoms with Gasteiger partial charge in [0.05, 0.1) is 0 Å². The largest absolute Gasteiger partial charge is 0.369 e. The maximum atomic E-state index is 12.7. The normalized spacial score (nSPS) is 15.8. The first kappa shape index (κ1) is 18.8. The zero-order valence-corrected chi connectivity index (χ0v) is 15.4. The van der Waals surface area contributed by atoms with E-state index in [1.54, 1.807) is 19.3 Å². The van der Waals surface area contributed by atoms with E-state index in [0.29, 0.717) is 13.1 Å². The quantitative estimate of drug-likeness (QED) is 0.813. The van der Waals surface area contributed by atoms with Gasteiger partial charge >= 0.3 is 5.97 Å². The fourth-order valence-electron chi connectivity index (χ4n) is 3.16. The monoisotopic (exact) mass is 368 g/mol. The van der Waals surface area contributed by atoms with E-state index >= 15 is 0 Å². The molecule has 0 saturated carbocycles. The molecule has 1 aliphatic heterocycles. The predicted molar refractivity (Wildman–Crippen MR) is 102 cm³/mol. The van der Waals surface area contributed by atoms with Crippen LogP contribution in [0.2, 0.25) is 0 Å². The van der Waals surface area contributed by atoms with Crippen molar-refractivity contribution in [1.29, 1.82) is 0 Å². The highest BCUT2D eigenvalue weighted by Crippen LogP contribution is 2.25. The molecule has 0 aliphatic carbocycles. The molecule has 0 bridgehead atoms. The van der Waals surface area contributed by atoms with Gasteiger partial charge in [-0.25, -0.2) is 4.79 Å². The summed E-state index contributed by atoms with van der Waals surface area (Å²) >= 11 is 0. The molecule has 2 aromatic rings. The maximum absolute atomic E-state index is 12.7. The van der Waals surface area contributed by atoms with Crippen molar-refractivity contribution in [2.24, 2.45) is 0 Å². The first-order chi connectivity index (χ1) is 13.2. The van der Waals surface area contributed by atoms with Crippen molar-refractivity contribution in [3.05, 3.63) is 60.4 Å². The molecule has 0 spiro atoms. The molecule has 0 radical (unpaired) electrons. The molecule has 1 fully saturated rings. The third-order valence-corrected chi connectivity index (χ3v) is 4.63. The first-order valence-corrected chi connectivity index (χ1v) is 9.12. The Bertz CT molecular complexity index is 746. The molecule has 1 aromatic carbocycles. The number of piperazine rings is 1. The topological polar surface area (TPSA) is 74.8 Å². The van der Waals surface area contributed by atoms with Crippen LogP contribution < -0.4 is 10.4 Å². The molecule has 1 amide bonds. The van der Waals surface area contributed by atoms with Gasteiger partial charge < -0.3 is 9.74 Å².